The van der Waals surface area contributed by atoms with Crippen molar-refractivity contribution in [2.75, 3.05) is 18.5 Å². The van der Waals surface area contributed by atoms with Crippen LogP contribution in [0.5, 0.6) is 11.5 Å². The summed E-state index contributed by atoms with van der Waals surface area (Å²) in [6.07, 6.45) is 2.11. The lowest BCUT2D eigenvalue weighted by Gasteiger charge is -2.10. The summed E-state index contributed by atoms with van der Waals surface area (Å²) in [5, 5.41) is 7.00. The minimum atomic E-state index is 0.00990. The van der Waals surface area contributed by atoms with E-state index < -0.39 is 0 Å². The lowest BCUT2D eigenvalue weighted by atomic mass is 10.2. The molecule has 0 fully saturated rings. The van der Waals surface area contributed by atoms with E-state index in [-0.39, 0.29) is 5.91 Å². The van der Waals surface area contributed by atoms with Crippen LogP contribution in [0.2, 0.25) is 0 Å². The minimum absolute atomic E-state index is 0.00990. The third kappa shape index (κ3) is 3.76. The fraction of sp³-hybridized carbons (Fsp3) is 0.312. The van der Waals surface area contributed by atoms with Crippen molar-refractivity contribution in [1.82, 2.24) is 0 Å². The second kappa shape index (κ2) is 6.63. The number of rotatable bonds is 4. The van der Waals surface area contributed by atoms with E-state index >= 15 is 0 Å². The highest BCUT2D eigenvalue weighted by Gasteiger charge is 2.11. The molecule has 0 unspecified atom stereocenters. The van der Waals surface area contributed by atoms with E-state index in [1.807, 2.05) is 29.6 Å². The zero-order valence-electron chi connectivity index (χ0n) is 11.6. The van der Waals surface area contributed by atoms with Crippen molar-refractivity contribution >= 4 is 22.9 Å². The van der Waals surface area contributed by atoms with Gasteiger partial charge in [-0.05, 0) is 40.9 Å². The third-order valence-electron chi connectivity index (χ3n) is 3.25. The van der Waals surface area contributed by atoms with Crippen molar-refractivity contribution in [3.63, 3.8) is 0 Å². The number of thiophene rings is 1. The number of amides is 1. The Balaban J connectivity index is 1.59. The Hall–Kier alpha value is -2.01. The molecule has 1 aliphatic heterocycles. The predicted octanol–water partition coefficient (Wildman–Crippen LogP) is 3.48. The molecule has 2 aromatic rings. The maximum Gasteiger partial charge on any atom is 0.224 e. The van der Waals surface area contributed by atoms with Crippen molar-refractivity contribution < 1.29 is 14.3 Å². The van der Waals surface area contributed by atoms with Crippen molar-refractivity contribution in [3.05, 3.63) is 40.6 Å². The van der Waals surface area contributed by atoms with Crippen molar-refractivity contribution in [1.29, 1.82) is 0 Å². The number of hydrogen-bond acceptors (Lipinski definition) is 4. The second-order valence-electron chi connectivity index (χ2n) is 4.89. The van der Waals surface area contributed by atoms with Crippen LogP contribution in [0.4, 0.5) is 5.69 Å². The van der Waals surface area contributed by atoms with E-state index in [0.717, 1.165) is 24.3 Å². The first-order chi connectivity index (χ1) is 10.3. The minimum Gasteiger partial charge on any atom is -0.490 e. The Morgan fingerprint density at radius 2 is 2.05 bits per heavy atom. The zero-order chi connectivity index (χ0) is 14.5. The molecule has 1 aromatic carbocycles. The largest absolute Gasteiger partial charge is 0.490 e. The molecule has 5 heteroatoms. The van der Waals surface area contributed by atoms with Crippen molar-refractivity contribution in [3.8, 4) is 11.5 Å². The van der Waals surface area contributed by atoms with Crippen LogP contribution >= 0.6 is 11.3 Å². The SMILES string of the molecule is O=C(CCc1ccsc1)Nc1ccc2c(c1)OCCCO2. The fourth-order valence-electron chi connectivity index (χ4n) is 2.16. The van der Waals surface area contributed by atoms with E-state index in [1.165, 1.54) is 5.56 Å². The summed E-state index contributed by atoms with van der Waals surface area (Å²) in [6.45, 7) is 1.31. The van der Waals surface area contributed by atoms with Gasteiger partial charge in [-0.25, -0.2) is 0 Å². The van der Waals surface area contributed by atoms with Crippen LogP contribution in [0.1, 0.15) is 18.4 Å². The molecule has 0 saturated heterocycles. The number of nitrogens with one attached hydrogen (secondary N) is 1. The van der Waals surface area contributed by atoms with Gasteiger partial charge in [0.15, 0.2) is 11.5 Å². The van der Waals surface area contributed by atoms with Crippen LogP contribution in [0, 0.1) is 0 Å². The summed E-state index contributed by atoms with van der Waals surface area (Å²) in [5.41, 5.74) is 1.95. The molecule has 1 aromatic heterocycles. The molecule has 21 heavy (non-hydrogen) atoms. The van der Waals surface area contributed by atoms with Gasteiger partial charge in [-0.2, -0.15) is 11.3 Å². The van der Waals surface area contributed by atoms with E-state index in [9.17, 15) is 4.79 Å². The molecule has 0 radical (unpaired) electrons. The first-order valence-electron chi connectivity index (χ1n) is 7.02. The lowest BCUT2D eigenvalue weighted by Crippen LogP contribution is -2.12. The molecule has 3 rings (SSSR count). The van der Waals surface area contributed by atoms with Gasteiger partial charge in [-0.3, -0.25) is 4.79 Å². The van der Waals surface area contributed by atoms with Crippen LogP contribution in [0.3, 0.4) is 0 Å². The summed E-state index contributed by atoms with van der Waals surface area (Å²) in [4.78, 5) is 12.0. The van der Waals surface area contributed by atoms with Crippen LogP contribution < -0.4 is 14.8 Å². The fourth-order valence-corrected chi connectivity index (χ4v) is 2.86. The Labute approximate surface area is 127 Å². The highest BCUT2D eigenvalue weighted by molar-refractivity contribution is 7.07. The Bertz CT molecular complexity index is 610. The molecule has 4 nitrogen and oxygen atoms in total. The van der Waals surface area contributed by atoms with Crippen LogP contribution in [-0.4, -0.2) is 19.1 Å². The molecule has 0 saturated carbocycles. The van der Waals surface area contributed by atoms with Gasteiger partial charge in [0.1, 0.15) is 0 Å². The van der Waals surface area contributed by atoms with Crippen molar-refractivity contribution in [2.45, 2.75) is 19.3 Å². The standard InChI is InChI=1S/C16H17NO3S/c18-16(5-2-12-6-9-21-11-12)17-13-3-4-14-15(10-13)20-8-1-7-19-14/h3-4,6,9-11H,1-2,5,7-8H2,(H,17,18). The van der Waals surface area contributed by atoms with Gasteiger partial charge >= 0.3 is 0 Å². The number of ether oxygens (including phenoxy) is 2. The monoisotopic (exact) mass is 303 g/mol. The molecular formula is C16H17NO3S. The Kier molecular flexibility index (Phi) is 4.40. The quantitative estimate of drug-likeness (QED) is 0.940. The summed E-state index contributed by atoms with van der Waals surface area (Å²) in [5.74, 6) is 1.45. The van der Waals surface area contributed by atoms with E-state index in [4.69, 9.17) is 9.47 Å². The summed E-state index contributed by atoms with van der Waals surface area (Å²) >= 11 is 1.65. The number of anilines is 1. The molecule has 110 valence electrons. The maximum absolute atomic E-state index is 12.0. The van der Waals surface area contributed by atoms with Crippen LogP contribution in [0.25, 0.3) is 0 Å². The number of benzene rings is 1. The normalized spacial score (nSPS) is 13.5. The summed E-state index contributed by atoms with van der Waals surface area (Å²) in [6, 6.07) is 7.56. The lowest BCUT2D eigenvalue weighted by molar-refractivity contribution is -0.116. The molecule has 1 N–H and O–H groups in total. The van der Waals surface area contributed by atoms with Gasteiger partial charge in [0.2, 0.25) is 5.91 Å². The van der Waals surface area contributed by atoms with E-state index in [2.05, 4.69) is 10.7 Å². The van der Waals surface area contributed by atoms with Gasteiger partial charge in [0.05, 0.1) is 13.2 Å². The molecule has 1 amide bonds. The first-order valence-corrected chi connectivity index (χ1v) is 7.96. The number of carbonyl (C=O) groups excluding carboxylic acids is 1. The third-order valence-corrected chi connectivity index (χ3v) is 3.98. The van der Waals surface area contributed by atoms with E-state index in [1.54, 1.807) is 11.3 Å². The molecule has 0 aliphatic carbocycles. The molecular weight excluding hydrogens is 286 g/mol. The van der Waals surface area contributed by atoms with Gasteiger partial charge in [0, 0.05) is 24.6 Å². The average Bonchev–Trinajstić information content (AvgIpc) is 2.90. The van der Waals surface area contributed by atoms with Crippen molar-refractivity contribution in [2.24, 2.45) is 0 Å². The van der Waals surface area contributed by atoms with Gasteiger partial charge in [-0.15, -0.1) is 0 Å². The Morgan fingerprint density at radius 1 is 1.19 bits per heavy atom. The molecule has 2 heterocycles. The van der Waals surface area contributed by atoms with E-state index in [0.29, 0.717) is 25.4 Å². The predicted molar refractivity (Wildman–Crippen MR) is 83.3 cm³/mol. The zero-order valence-corrected chi connectivity index (χ0v) is 12.4. The first kappa shape index (κ1) is 13.9. The Morgan fingerprint density at radius 3 is 2.86 bits per heavy atom. The number of carbonyl (C=O) groups is 1. The molecule has 0 spiro atoms. The van der Waals surface area contributed by atoms with Gasteiger partial charge in [-0.1, -0.05) is 0 Å². The highest BCUT2D eigenvalue weighted by atomic mass is 32.1. The van der Waals surface area contributed by atoms with Crippen LogP contribution in [-0.2, 0) is 11.2 Å². The number of hydrogen-bond donors (Lipinski definition) is 1. The number of aryl methyl sites for hydroxylation is 1. The highest BCUT2D eigenvalue weighted by Crippen LogP contribution is 2.32. The smallest absolute Gasteiger partial charge is 0.224 e. The van der Waals surface area contributed by atoms with Gasteiger partial charge in [0.25, 0.3) is 0 Å². The number of fused-ring (bicyclic) bond motifs is 1. The average molecular weight is 303 g/mol. The summed E-state index contributed by atoms with van der Waals surface area (Å²) in [7, 11) is 0. The molecule has 1 aliphatic rings. The topological polar surface area (TPSA) is 47.6 Å². The maximum atomic E-state index is 12.0. The van der Waals surface area contributed by atoms with Crippen LogP contribution in [0.15, 0.2) is 35.0 Å². The second-order valence-corrected chi connectivity index (χ2v) is 5.67. The molecule has 0 bridgehead atoms. The summed E-state index contributed by atoms with van der Waals surface area (Å²) < 4.78 is 11.2. The van der Waals surface area contributed by atoms with Gasteiger partial charge < -0.3 is 14.8 Å². The molecule has 0 atom stereocenters.